The molecule has 1 unspecified atom stereocenters. The summed E-state index contributed by atoms with van der Waals surface area (Å²) in [6.45, 7) is 7.65. The third-order valence-electron chi connectivity index (χ3n) is 4.32. The van der Waals surface area contributed by atoms with Gasteiger partial charge in [0.2, 0.25) is 0 Å². The van der Waals surface area contributed by atoms with Gasteiger partial charge in [0.15, 0.2) is 17.3 Å². The number of nitrogens with zero attached hydrogens (tertiary/aromatic N) is 3. The minimum absolute atomic E-state index is 0.0545. The first kappa shape index (κ1) is 18.0. The molecule has 1 aromatic heterocycles. The zero-order valence-electron chi connectivity index (χ0n) is 15.2. The summed E-state index contributed by atoms with van der Waals surface area (Å²) in [5, 5.41) is 7.94. The third-order valence-corrected chi connectivity index (χ3v) is 4.54. The fourth-order valence-corrected chi connectivity index (χ4v) is 3.53. The van der Waals surface area contributed by atoms with Crippen LogP contribution in [0, 0.1) is 6.92 Å². The van der Waals surface area contributed by atoms with Gasteiger partial charge in [0.25, 0.3) is 0 Å². The number of benzene rings is 1. The van der Waals surface area contributed by atoms with Crippen molar-refractivity contribution in [3.8, 4) is 11.5 Å². The Bertz CT molecular complexity index is 732. The van der Waals surface area contributed by atoms with Gasteiger partial charge in [-0.25, -0.2) is 4.98 Å². The summed E-state index contributed by atoms with van der Waals surface area (Å²) in [6, 6.07) is 3.96. The lowest BCUT2D eigenvalue weighted by molar-refractivity contribution is 0.210. The van der Waals surface area contributed by atoms with Crippen molar-refractivity contribution in [3.05, 3.63) is 34.4 Å². The van der Waals surface area contributed by atoms with Crippen LogP contribution in [-0.4, -0.2) is 39.8 Å². The molecule has 1 N–H and O–H groups in total. The molecule has 1 saturated heterocycles. The van der Waals surface area contributed by atoms with E-state index in [2.05, 4.69) is 20.1 Å². The molecule has 1 aliphatic rings. The Labute approximate surface area is 153 Å². The normalized spacial score (nSPS) is 18.1. The Morgan fingerprint density at radius 1 is 1.40 bits per heavy atom. The minimum atomic E-state index is 0.0545. The van der Waals surface area contributed by atoms with Crippen molar-refractivity contribution < 1.29 is 9.47 Å². The number of hydrogen-bond donors (Lipinski definition) is 1. The second-order valence-electron chi connectivity index (χ2n) is 6.67. The van der Waals surface area contributed by atoms with Crippen LogP contribution in [0.15, 0.2) is 12.1 Å². The quantitative estimate of drug-likeness (QED) is 0.842. The molecule has 0 bridgehead atoms. The van der Waals surface area contributed by atoms with E-state index in [0.29, 0.717) is 10.8 Å². The molecule has 2 aromatic rings. The highest BCUT2D eigenvalue weighted by atomic mass is 35.5. The zero-order valence-corrected chi connectivity index (χ0v) is 15.9. The van der Waals surface area contributed by atoms with Crippen LogP contribution in [0.3, 0.4) is 0 Å². The summed E-state index contributed by atoms with van der Waals surface area (Å²) in [6.07, 6.45) is 2.23. The van der Waals surface area contributed by atoms with Gasteiger partial charge in [-0.05, 0) is 46.2 Å². The summed E-state index contributed by atoms with van der Waals surface area (Å²) >= 11 is 6.30. The van der Waals surface area contributed by atoms with Gasteiger partial charge < -0.3 is 9.47 Å². The van der Waals surface area contributed by atoms with Crippen LogP contribution in [0.25, 0.3) is 0 Å². The zero-order chi connectivity index (χ0) is 18.0. The number of hydrogen-bond acceptors (Lipinski definition) is 5. The van der Waals surface area contributed by atoms with Crippen molar-refractivity contribution in [2.24, 2.45) is 0 Å². The standard InChI is InChI=1S/C18H25ClN4O2/c1-11(2)25-17-13(8-14(19)9-16(17)24-4)10-23-7-5-6-15(23)18-20-12(3)21-22-18/h8-9,11,15H,5-7,10H2,1-4H3,(H,20,21,22). The molecule has 25 heavy (non-hydrogen) atoms. The molecule has 6 nitrogen and oxygen atoms in total. The molecular formula is C18H25ClN4O2. The molecule has 1 atom stereocenters. The molecular weight excluding hydrogens is 340 g/mol. The van der Waals surface area contributed by atoms with Crippen LogP contribution in [-0.2, 0) is 6.54 Å². The summed E-state index contributed by atoms with van der Waals surface area (Å²) in [5.74, 6) is 3.13. The van der Waals surface area contributed by atoms with Crippen molar-refractivity contribution in [1.82, 2.24) is 20.1 Å². The van der Waals surface area contributed by atoms with Crippen molar-refractivity contribution in [3.63, 3.8) is 0 Å². The van der Waals surface area contributed by atoms with Gasteiger partial charge in [-0.1, -0.05) is 11.6 Å². The second kappa shape index (κ2) is 7.62. The average molecular weight is 365 g/mol. The highest BCUT2D eigenvalue weighted by molar-refractivity contribution is 6.30. The number of ether oxygens (including phenoxy) is 2. The lowest BCUT2D eigenvalue weighted by Crippen LogP contribution is -2.24. The number of aromatic nitrogens is 3. The predicted octanol–water partition coefficient (Wildman–Crippen LogP) is 3.90. The molecule has 0 saturated carbocycles. The highest BCUT2D eigenvalue weighted by Gasteiger charge is 2.30. The number of aryl methyl sites for hydroxylation is 1. The number of nitrogens with one attached hydrogen (secondary N) is 1. The van der Waals surface area contributed by atoms with Crippen LogP contribution in [0.1, 0.15) is 49.9 Å². The lowest BCUT2D eigenvalue weighted by atomic mass is 10.1. The number of halogens is 1. The van der Waals surface area contributed by atoms with Crippen molar-refractivity contribution in [2.75, 3.05) is 13.7 Å². The van der Waals surface area contributed by atoms with Crippen LogP contribution in [0.2, 0.25) is 5.02 Å². The minimum Gasteiger partial charge on any atom is -0.493 e. The number of aromatic amines is 1. The SMILES string of the molecule is COc1cc(Cl)cc(CN2CCCC2c2n[nH]c(C)n2)c1OC(C)C. The highest BCUT2D eigenvalue weighted by Crippen LogP contribution is 2.39. The van der Waals surface area contributed by atoms with Crippen LogP contribution in [0.4, 0.5) is 0 Å². The molecule has 3 rings (SSSR count). The lowest BCUT2D eigenvalue weighted by Gasteiger charge is -2.25. The monoisotopic (exact) mass is 364 g/mol. The molecule has 1 fully saturated rings. The van der Waals surface area contributed by atoms with E-state index in [1.165, 1.54) is 0 Å². The number of H-pyrrole nitrogens is 1. The predicted molar refractivity (Wildman–Crippen MR) is 97.3 cm³/mol. The Hall–Kier alpha value is -1.79. The number of likely N-dealkylation sites (tertiary alicyclic amines) is 1. The van der Waals surface area contributed by atoms with Crippen LogP contribution >= 0.6 is 11.6 Å². The number of methoxy groups -OCH3 is 1. The Morgan fingerprint density at radius 2 is 2.20 bits per heavy atom. The van der Waals surface area contributed by atoms with E-state index in [0.717, 1.165) is 48.9 Å². The number of rotatable bonds is 6. The van der Waals surface area contributed by atoms with Gasteiger partial charge in [0.05, 0.1) is 19.3 Å². The van der Waals surface area contributed by atoms with Crippen molar-refractivity contribution in [1.29, 1.82) is 0 Å². The Kier molecular flexibility index (Phi) is 5.49. The van der Waals surface area contributed by atoms with Gasteiger partial charge in [0.1, 0.15) is 5.82 Å². The second-order valence-corrected chi connectivity index (χ2v) is 7.11. The molecule has 0 aliphatic carbocycles. The summed E-state index contributed by atoms with van der Waals surface area (Å²) in [7, 11) is 1.64. The molecule has 7 heteroatoms. The molecule has 1 aliphatic heterocycles. The van der Waals surface area contributed by atoms with Crippen molar-refractivity contribution >= 4 is 11.6 Å². The van der Waals surface area contributed by atoms with Crippen LogP contribution in [0.5, 0.6) is 11.5 Å². The van der Waals surface area contributed by atoms with Gasteiger partial charge in [-0.15, -0.1) is 0 Å². The smallest absolute Gasteiger partial charge is 0.167 e. The van der Waals surface area contributed by atoms with Crippen molar-refractivity contribution in [2.45, 2.75) is 52.3 Å². The van der Waals surface area contributed by atoms with Gasteiger partial charge >= 0.3 is 0 Å². The topological polar surface area (TPSA) is 63.3 Å². The summed E-state index contributed by atoms with van der Waals surface area (Å²) in [5.41, 5.74) is 1.03. The van der Waals surface area contributed by atoms with E-state index < -0.39 is 0 Å². The van der Waals surface area contributed by atoms with E-state index in [-0.39, 0.29) is 12.1 Å². The largest absolute Gasteiger partial charge is 0.493 e. The first-order valence-electron chi connectivity index (χ1n) is 8.64. The van der Waals surface area contributed by atoms with E-state index in [9.17, 15) is 0 Å². The summed E-state index contributed by atoms with van der Waals surface area (Å²) < 4.78 is 11.5. The fraction of sp³-hybridized carbons (Fsp3) is 0.556. The Balaban J connectivity index is 1.89. The maximum absolute atomic E-state index is 6.30. The van der Waals surface area contributed by atoms with Crippen LogP contribution < -0.4 is 9.47 Å². The van der Waals surface area contributed by atoms with E-state index in [1.54, 1.807) is 13.2 Å². The third kappa shape index (κ3) is 4.07. The van der Waals surface area contributed by atoms with E-state index in [4.69, 9.17) is 21.1 Å². The first-order chi connectivity index (χ1) is 12.0. The molecule has 136 valence electrons. The van der Waals surface area contributed by atoms with Gasteiger partial charge in [-0.2, -0.15) is 5.10 Å². The summed E-state index contributed by atoms with van der Waals surface area (Å²) in [4.78, 5) is 6.89. The Morgan fingerprint density at radius 3 is 2.84 bits per heavy atom. The molecule has 0 amide bonds. The fourth-order valence-electron chi connectivity index (χ4n) is 3.30. The molecule has 2 heterocycles. The average Bonchev–Trinajstić information content (AvgIpc) is 3.17. The first-order valence-corrected chi connectivity index (χ1v) is 9.01. The maximum Gasteiger partial charge on any atom is 0.167 e. The molecule has 0 radical (unpaired) electrons. The van der Waals surface area contributed by atoms with E-state index >= 15 is 0 Å². The van der Waals surface area contributed by atoms with Gasteiger partial charge in [-0.3, -0.25) is 10.00 Å². The molecule has 1 aromatic carbocycles. The molecule has 0 spiro atoms. The van der Waals surface area contributed by atoms with Gasteiger partial charge in [0, 0.05) is 23.2 Å². The maximum atomic E-state index is 6.30. The van der Waals surface area contributed by atoms with E-state index in [1.807, 2.05) is 26.8 Å².